The molecule has 4 heteroatoms. The van der Waals surface area contributed by atoms with E-state index in [1.54, 1.807) is 0 Å². The number of carbonyl (C=O) groups is 1. The Morgan fingerprint density at radius 2 is 2.06 bits per heavy atom. The summed E-state index contributed by atoms with van der Waals surface area (Å²) in [6.45, 7) is 5.35. The Morgan fingerprint density at radius 3 is 2.75 bits per heavy atom. The van der Waals surface area contributed by atoms with Crippen LogP contribution in [0.5, 0.6) is 0 Å². The van der Waals surface area contributed by atoms with Crippen molar-refractivity contribution in [3.8, 4) is 0 Å². The Kier molecular flexibility index (Phi) is 3.61. The topological polar surface area (TPSA) is 32.3 Å². The van der Waals surface area contributed by atoms with Crippen molar-refractivity contribution in [2.24, 2.45) is 0 Å². The molecule has 0 saturated carbocycles. The van der Waals surface area contributed by atoms with Crippen LogP contribution < -0.4 is 5.32 Å². The normalized spacial score (nSPS) is 16.2. The predicted octanol–water partition coefficient (Wildman–Crippen LogP) is 1.80. The maximum absolute atomic E-state index is 12.2. The molecule has 0 radical (unpaired) electrons. The summed E-state index contributed by atoms with van der Waals surface area (Å²) >= 11 is 3.43. The molecular formula is C12H15BrN2O. The van der Waals surface area contributed by atoms with E-state index in [1.165, 1.54) is 0 Å². The van der Waals surface area contributed by atoms with Gasteiger partial charge in [0.25, 0.3) is 5.91 Å². The molecular weight excluding hydrogens is 268 g/mol. The van der Waals surface area contributed by atoms with Gasteiger partial charge in [-0.25, -0.2) is 0 Å². The molecule has 1 N–H and O–H groups in total. The first-order valence-electron chi connectivity index (χ1n) is 5.44. The van der Waals surface area contributed by atoms with Crippen molar-refractivity contribution in [2.45, 2.75) is 6.92 Å². The Hall–Kier alpha value is -0.870. The first kappa shape index (κ1) is 11.6. The molecule has 0 spiro atoms. The lowest BCUT2D eigenvalue weighted by atomic mass is 10.1. The van der Waals surface area contributed by atoms with Gasteiger partial charge in [0, 0.05) is 30.7 Å². The van der Waals surface area contributed by atoms with Gasteiger partial charge in [0.15, 0.2) is 0 Å². The summed E-state index contributed by atoms with van der Waals surface area (Å²) in [7, 11) is 0. The lowest BCUT2D eigenvalue weighted by molar-refractivity contribution is 0.0735. The van der Waals surface area contributed by atoms with E-state index in [0.29, 0.717) is 0 Å². The number of hydrogen-bond donors (Lipinski definition) is 1. The number of nitrogens with one attached hydrogen (secondary N) is 1. The van der Waals surface area contributed by atoms with Gasteiger partial charge in [0.1, 0.15) is 0 Å². The van der Waals surface area contributed by atoms with Crippen LogP contribution in [0.4, 0.5) is 0 Å². The molecule has 1 aromatic rings. The highest BCUT2D eigenvalue weighted by Crippen LogP contribution is 2.20. The zero-order valence-electron chi connectivity index (χ0n) is 9.29. The minimum Gasteiger partial charge on any atom is -0.336 e. The van der Waals surface area contributed by atoms with Crippen LogP contribution in [-0.2, 0) is 0 Å². The second kappa shape index (κ2) is 4.97. The van der Waals surface area contributed by atoms with Crippen LogP contribution in [0.2, 0.25) is 0 Å². The molecule has 1 aliphatic rings. The van der Waals surface area contributed by atoms with E-state index in [9.17, 15) is 4.79 Å². The number of hydrogen-bond acceptors (Lipinski definition) is 2. The van der Waals surface area contributed by atoms with Gasteiger partial charge in [-0.1, -0.05) is 11.6 Å². The second-order valence-electron chi connectivity index (χ2n) is 4.03. The molecule has 2 rings (SSSR count). The highest BCUT2D eigenvalue weighted by molar-refractivity contribution is 9.10. The monoisotopic (exact) mass is 282 g/mol. The van der Waals surface area contributed by atoms with Crippen LogP contribution in [0.15, 0.2) is 22.7 Å². The van der Waals surface area contributed by atoms with Gasteiger partial charge in [-0.3, -0.25) is 4.79 Å². The second-order valence-corrected chi connectivity index (χ2v) is 4.88. The molecule has 0 bridgehead atoms. The fourth-order valence-electron chi connectivity index (χ4n) is 1.84. The van der Waals surface area contributed by atoms with Gasteiger partial charge in [-0.05, 0) is 35.0 Å². The molecule has 1 saturated heterocycles. The third kappa shape index (κ3) is 2.44. The third-order valence-corrected chi connectivity index (χ3v) is 3.45. The van der Waals surface area contributed by atoms with E-state index in [0.717, 1.165) is 41.8 Å². The average molecular weight is 283 g/mol. The van der Waals surface area contributed by atoms with E-state index in [1.807, 2.05) is 30.0 Å². The third-order valence-electron chi connectivity index (χ3n) is 2.76. The summed E-state index contributed by atoms with van der Waals surface area (Å²) in [4.78, 5) is 14.1. The van der Waals surface area contributed by atoms with Crippen molar-refractivity contribution in [3.63, 3.8) is 0 Å². The fourth-order valence-corrected chi connectivity index (χ4v) is 2.26. The standard InChI is InChI=1S/C12H15BrN2O/c1-9-2-3-11(13)10(8-9)12(16)15-6-4-14-5-7-15/h2-3,8,14H,4-7H2,1H3. The summed E-state index contributed by atoms with van der Waals surface area (Å²) in [5, 5.41) is 3.24. The first-order valence-corrected chi connectivity index (χ1v) is 6.24. The minimum absolute atomic E-state index is 0.122. The van der Waals surface area contributed by atoms with E-state index >= 15 is 0 Å². The van der Waals surface area contributed by atoms with Crippen LogP contribution >= 0.6 is 15.9 Å². The average Bonchev–Trinajstić information content (AvgIpc) is 2.32. The van der Waals surface area contributed by atoms with Gasteiger partial charge in [-0.15, -0.1) is 0 Å². The summed E-state index contributed by atoms with van der Waals surface area (Å²) in [5.41, 5.74) is 1.88. The van der Waals surface area contributed by atoms with Crippen molar-refractivity contribution in [1.82, 2.24) is 10.2 Å². The number of benzene rings is 1. The summed E-state index contributed by atoms with van der Waals surface area (Å²) in [6, 6.07) is 5.87. The minimum atomic E-state index is 0.122. The highest BCUT2D eigenvalue weighted by Gasteiger charge is 2.19. The predicted molar refractivity (Wildman–Crippen MR) is 67.7 cm³/mol. The maximum Gasteiger partial charge on any atom is 0.255 e. The number of aryl methyl sites for hydroxylation is 1. The van der Waals surface area contributed by atoms with Crippen LogP contribution in [0, 0.1) is 6.92 Å². The molecule has 0 atom stereocenters. The van der Waals surface area contributed by atoms with Crippen molar-refractivity contribution in [2.75, 3.05) is 26.2 Å². The molecule has 86 valence electrons. The largest absolute Gasteiger partial charge is 0.336 e. The number of rotatable bonds is 1. The van der Waals surface area contributed by atoms with Crippen molar-refractivity contribution < 1.29 is 4.79 Å². The van der Waals surface area contributed by atoms with Gasteiger partial charge in [0.2, 0.25) is 0 Å². The summed E-state index contributed by atoms with van der Waals surface area (Å²) in [6.07, 6.45) is 0. The van der Waals surface area contributed by atoms with Crippen molar-refractivity contribution >= 4 is 21.8 Å². The number of halogens is 1. The van der Waals surface area contributed by atoms with Gasteiger partial charge in [0.05, 0.1) is 5.56 Å². The van der Waals surface area contributed by atoms with Gasteiger partial charge < -0.3 is 10.2 Å². The number of piperazine rings is 1. The van der Waals surface area contributed by atoms with E-state index in [2.05, 4.69) is 21.2 Å². The smallest absolute Gasteiger partial charge is 0.255 e. The summed E-state index contributed by atoms with van der Waals surface area (Å²) < 4.78 is 0.877. The molecule has 1 amide bonds. The number of nitrogens with zero attached hydrogens (tertiary/aromatic N) is 1. The maximum atomic E-state index is 12.2. The van der Waals surface area contributed by atoms with Crippen molar-refractivity contribution in [1.29, 1.82) is 0 Å². The lowest BCUT2D eigenvalue weighted by Gasteiger charge is -2.27. The molecule has 1 fully saturated rings. The number of amides is 1. The Bertz CT molecular complexity index is 400. The highest BCUT2D eigenvalue weighted by atomic mass is 79.9. The Morgan fingerprint density at radius 1 is 1.38 bits per heavy atom. The zero-order chi connectivity index (χ0) is 11.5. The summed E-state index contributed by atoms with van der Waals surface area (Å²) in [5.74, 6) is 0.122. The molecule has 1 aliphatic heterocycles. The fraction of sp³-hybridized carbons (Fsp3) is 0.417. The van der Waals surface area contributed by atoms with Crippen LogP contribution in [0.1, 0.15) is 15.9 Å². The quantitative estimate of drug-likeness (QED) is 0.852. The zero-order valence-corrected chi connectivity index (χ0v) is 10.9. The van der Waals surface area contributed by atoms with Crippen LogP contribution in [-0.4, -0.2) is 37.0 Å². The lowest BCUT2D eigenvalue weighted by Crippen LogP contribution is -2.46. The van der Waals surface area contributed by atoms with Crippen LogP contribution in [0.25, 0.3) is 0 Å². The SMILES string of the molecule is Cc1ccc(Br)c(C(=O)N2CCNCC2)c1. The van der Waals surface area contributed by atoms with E-state index in [4.69, 9.17) is 0 Å². The molecule has 1 aromatic carbocycles. The van der Waals surface area contributed by atoms with Gasteiger partial charge in [-0.2, -0.15) is 0 Å². The molecule has 0 unspecified atom stereocenters. The molecule has 3 nitrogen and oxygen atoms in total. The molecule has 0 aromatic heterocycles. The van der Waals surface area contributed by atoms with E-state index in [-0.39, 0.29) is 5.91 Å². The van der Waals surface area contributed by atoms with Gasteiger partial charge >= 0.3 is 0 Å². The molecule has 16 heavy (non-hydrogen) atoms. The first-order chi connectivity index (χ1) is 7.68. The van der Waals surface area contributed by atoms with Crippen molar-refractivity contribution in [3.05, 3.63) is 33.8 Å². The van der Waals surface area contributed by atoms with Crippen LogP contribution in [0.3, 0.4) is 0 Å². The Labute approximate surface area is 104 Å². The Balaban J connectivity index is 2.22. The van der Waals surface area contributed by atoms with E-state index < -0.39 is 0 Å². The number of carbonyl (C=O) groups excluding carboxylic acids is 1. The molecule has 0 aliphatic carbocycles. The molecule has 1 heterocycles.